The first-order valence-electron chi connectivity index (χ1n) is 8.05. The summed E-state index contributed by atoms with van der Waals surface area (Å²) in [5, 5.41) is 9.96. The van der Waals surface area contributed by atoms with Gasteiger partial charge in [0, 0.05) is 25.4 Å². The third kappa shape index (κ3) is 5.75. The second-order valence-electron chi connectivity index (χ2n) is 5.29. The lowest BCUT2D eigenvalue weighted by Gasteiger charge is -2.17. The molecule has 0 atom stereocenters. The first-order valence-corrected chi connectivity index (χ1v) is 8.05. The molecule has 2 N–H and O–H groups in total. The molecule has 0 bridgehead atoms. The van der Waals surface area contributed by atoms with Gasteiger partial charge in [0.2, 0.25) is 0 Å². The first-order chi connectivity index (χ1) is 11.2. The molecule has 1 aromatic carbocycles. The average molecular weight is 315 g/mol. The van der Waals surface area contributed by atoms with Crippen LogP contribution in [-0.4, -0.2) is 46.9 Å². The van der Waals surface area contributed by atoms with Gasteiger partial charge in [-0.1, -0.05) is 44.2 Å². The van der Waals surface area contributed by atoms with Gasteiger partial charge in [0.1, 0.15) is 0 Å². The molecule has 6 heteroatoms. The molecule has 0 unspecified atom stereocenters. The van der Waals surface area contributed by atoms with Gasteiger partial charge in [0.15, 0.2) is 5.82 Å². The Morgan fingerprint density at radius 1 is 1.17 bits per heavy atom. The van der Waals surface area contributed by atoms with Gasteiger partial charge < -0.3 is 10.2 Å². The second-order valence-corrected chi connectivity index (χ2v) is 5.29. The SMILES string of the molecule is CCN(CC)CCNC(=O)Nc1ccn(Cc2ccccc2)n1. The van der Waals surface area contributed by atoms with E-state index in [9.17, 15) is 4.79 Å². The van der Waals surface area contributed by atoms with E-state index in [0.717, 1.165) is 19.6 Å². The molecule has 2 amide bonds. The van der Waals surface area contributed by atoms with Crippen molar-refractivity contribution in [3.05, 3.63) is 48.2 Å². The highest BCUT2D eigenvalue weighted by Gasteiger charge is 2.05. The number of benzene rings is 1. The van der Waals surface area contributed by atoms with Crippen LogP contribution < -0.4 is 10.6 Å². The number of rotatable bonds is 8. The third-order valence-corrected chi connectivity index (χ3v) is 3.68. The molecule has 2 rings (SSSR count). The zero-order valence-corrected chi connectivity index (χ0v) is 13.8. The molecule has 2 aromatic rings. The molecular formula is C17H25N5O. The van der Waals surface area contributed by atoms with Crippen LogP contribution in [0.3, 0.4) is 0 Å². The van der Waals surface area contributed by atoms with Gasteiger partial charge in [-0.25, -0.2) is 4.79 Å². The smallest absolute Gasteiger partial charge is 0.320 e. The minimum Gasteiger partial charge on any atom is -0.337 e. The highest BCUT2D eigenvalue weighted by atomic mass is 16.2. The minimum absolute atomic E-state index is 0.220. The summed E-state index contributed by atoms with van der Waals surface area (Å²) in [6.07, 6.45) is 1.86. The predicted octanol–water partition coefficient (Wildman–Crippen LogP) is 2.39. The fraction of sp³-hybridized carbons (Fsp3) is 0.412. The monoisotopic (exact) mass is 315 g/mol. The quantitative estimate of drug-likeness (QED) is 0.786. The van der Waals surface area contributed by atoms with E-state index in [2.05, 4.69) is 46.6 Å². The number of carbonyl (C=O) groups excluding carboxylic acids is 1. The Hall–Kier alpha value is -2.34. The predicted molar refractivity (Wildman–Crippen MR) is 92.6 cm³/mol. The van der Waals surface area contributed by atoms with E-state index in [-0.39, 0.29) is 6.03 Å². The normalized spacial score (nSPS) is 10.7. The number of aromatic nitrogens is 2. The Bertz CT molecular complexity index is 592. The van der Waals surface area contributed by atoms with Crippen LogP contribution in [0.2, 0.25) is 0 Å². The van der Waals surface area contributed by atoms with Crippen molar-refractivity contribution in [1.82, 2.24) is 20.0 Å². The van der Waals surface area contributed by atoms with E-state index in [1.807, 2.05) is 24.4 Å². The minimum atomic E-state index is -0.220. The summed E-state index contributed by atoms with van der Waals surface area (Å²) in [5.41, 5.74) is 1.17. The lowest BCUT2D eigenvalue weighted by atomic mass is 10.2. The summed E-state index contributed by atoms with van der Waals surface area (Å²) < 4.78 is 1.81. The van der Waals surface area contributed by atoms with Crippen molar-refractivity contribution in [3.8, 4) is 0 Å². The van der Waals surface area contributed by atoms with E-state index in [1.54, 1.807) is 10.7 Å². The van der Waals surface area contributed by atoms with Crippen LogP contribution in [0, 0.1) is 0 Å². The molecule has 1 aromatic heterocycles. The third-order valence-electron chi connectivity index (χ3n) is 3.68. The molecule has 0 aliphatic carbocycles. The van der Waals surface area contributed by atoms with Gasteiger partial charge in [0.25, 0.3) is 0 Å². The number of carbonyl (C=O) groups is 1. The molecule has 124 valence electrons. The maximum absolute atomic E-state index is 11.8. The summed E-state index contributed by atoms with van der Waals surface area (Å²) >= 11 is 0. The van der Waals surface area contributed by atoms with Crippen LogP contribution in [0.1, 0.15) is 19.4 Å². The van der Waals surface area contributed by atoms with Crippen molar-refractivity contribution in [1.29, 1.82) is 0 Å². The molecule has 0 radical (unpaired) electrons. The topological polar surface area (TPSA) is 62.2 Å². The van der Waals surface area contributed by atoms with E-state index >= 15 is 0 Å². The Morgan fingerprint density at radius 2 is 1.91 bits per heavy atom. The van der Waals surface area contributed by atoms with Crippen LogP contribution in [-0.2, 0) is 6.54 Å². The van der Waals surface area contributed by atoms with Crippen LogP contribution in [0.5, 0.6) is 0 Å². The summed E-state index contributed by atoms with van der Waals surface area (Å²) in [4.78, 5) is 14.1. The molecule has 6 nitrogen and oxygen atoms in total. The molecule has 23 heavy (non-hydrogen) atoms. The number of nitrogens with one attached hydrogen (secondary N) is 2. The van der Waals surface area contributed by atoms with Gasteiger partial charge in [-0.3, -0.25) is 10.00 Å². The van der Waals surface area contributed by atoms with E-state index in [1.165, 1.54) is 5.56 Å². The fourth-order valence-electron chi connectivity index (χ4n) is 2.31. The van der Waals surface area contributed by atoms with Crippen molar-refractivity contribution in [2.75, 3.05) is 31.5 Å². The molecule has 0 saturated heterocycles. The van der Waals surface area contributed by atoms with Gasteiger partial charge in [-0.15, -0.1) is 0 Å². The van der Waals surface area contributed by atoms with Gasteiger partial charge in [-0.2, -0.15) is 5.10 Å². The van der Waals surface area contributed by atoms with Crippen molar-refractivity contribution in [3.63, 3.8) is 0 Å². The standard InChI is InChI=1S/C17H25N5O/c1-3-21(4-2)13-11-18-17(23)19-16-10-12-22(20-16)14-15-8-6-5-7-9-15/h5-10,12H,3-4,11,13-14H2,1-2H3,(H2,18,19,20,23). The summed E-state index contributed by atoms with van der Waals surface area (Å²) in [6, 6.07) is 11.7. The number of nitrogens with zero attached hydrogens (tertiary/aromatic N) is 3. The number of urea groups is 1. The summed E-state index contributed by atoms with van der Waals surface area (Å²) in [7, 11) is 0. The number of amides is 2. The largest absolute Gasteiger partial charge is 0.337 e. The molecule has 0 aliphatic rings. The average Bonchev–Trinajstić information content (AvgIpc) is 2.99. The first kappa shape index (κ1) is 17.0. The van der Waals surface area contributed by atoms with Gasteiger partial charge in [-0.05, 0) is 18.7 Å². The summed E-state index contributed by atoms with van der Waals surface area (Å²) in [6.45, 7) is 8.37. The lowest BCUT2D eigenvalue weighted by Crippen LogP contribution is -2.37. The van der Waals surface area contributed by atoms with Crippen molar-refractivity contribution >= 4 is 11.8 Å². The fourth-order valence-corrected chi connectivity index (χ4v) is 2.31. The molecule has 0 spiro atoms. The van der Waals surface area contributed by atoms with Crippen molar-refractivity contribution in [2.24, 2.45) is 0 Å². The van der Waals surface area contributed by atoms with E-state index < -0.39 is 0 Å². The van der Waals surface area contributed by atoms with Crippen LogP contribution in [0.15, 0.2) is 42.6 Å². The maximum Gasteiger partial charge on any atom is 0.320 e. The maximum atomic E-state index is 11.8. The molecule has 0 saturated carbocycles. The van der Waals surface area contributed by atoms with Crippen molar-refractivity contribution in [2.45, 2.75) is 20.4 Å². The Morgan fingerprint density at radius 3 is 2.61 bits per heavy atom. The zero-order valence-electron chi connectivity index (χ0n) is 13.8. The highest BCUT2D eigenvalue weighted by Crippen LogP contribution is 2.06. The number of anilines is 1. The Kier molecular flexibility index (Phi) is 6.62. The van der Waals surface area contributed by atoms with Gasteiger partial charge in [0.05, 0.1) is 6.54 Å². The van der Waals surface area contributed by atoms with Crippen molar-refractivity contribution < 1.29 is 4.79 Å². The number of hydrogen-bond acceptors (Lipinski definition) is 3. The van der Waals surface area contributed by atoms with E-state index in [0.29, 0.717) is 18.9 Å². The number of hydrogen-bond donors (Lipinski definition) is 2. The van der Waals surface area contributed by atoms with Gasteiger partial charge >= 0.3 is 6.03 Å². The van der Waals surface area contributed by atoms with Crippen LogP contribution in [0.25, 0.3) is 0 Å². The molecular weight excluding hydrogens is 290 g/mol. The molecule has 0 fully saturated rings. The molecule has 0 aliphatic heterocycles. The second kappa shape index (κ2) is 8.95. The molecule has 1 heterocycles. The number of likely N-dealkylation sites (N-methyl/N-ethyl adjacent to an activating group) is 1. The lowest BCUT2D eigenvalue weighted by molar-refractivity contribution is 0.247. The highest BCUT2D eigenvalue weighted by molar-refractivity contribution is 5.88. The van der Waals surface area contributed by atoms with Crippen LogP contribution in [0.4, 0.5) is 10.6 Å². The van der Waals surface area contributed by atoms with Crippen LogP contribution >= 0.6 is 0 Å². The Labute approximate surface area is 137 Å². The Balaban J connectivity index is 1.76. The zero-order chi connectivity index (χ0) is 16.5. The van der Waals surface area contributed by atoms with E-state index in [4.69, 9.17) is 0 Å². The summed E-state index contributed by atoms with van der Waals surface area (Å²) in [5.74, 6) is 0.557.